The van der Waals surface area contributed by atoms with Gasteiger partial charge in [-0.05, 0) is 25.3 Å². The minimum Gasteiger partial charge on any atom is -0.374 e. The fourth-order valence-corrected chi connectivity index (χ4v) is 1.49. The van der Waals surface area contributed by atoms with Crippen molar-refractivity contribution in [2.24, 2.45) is 0 Å². The molecule has 78 valence electrons. The summed E-state index contributed by atoms with van der Waals surface area (Å²) in [6.07, 6.45) is 2.40. The number of hydrogen-bond donors (Lipinski definition) is 0. The maximum atomic E-state index is 5.77. The molecule has 1 heteroatoms. The van der Waals surface area contributed by atoms with E-state index in [0.29, 0.717) is 0 Å². The summed E-state index contributed by atoms with van der Waals surface area (Å²) in [6, 6.07) is 8.62. The molecule has 0 amide bonds. The molecule has 1 nitrogen and oxygen atoms in total. The zero-order valence-corrected chi connectivity index (χ0v) is 9.42. The molecular weight excluding hydrogens is 172 g/mol. The van der Waals surface area contributed by atoms with Gasteiger partial charge in [-0.1, -0.05) is 43.7 Å². The molecule has 1 atom stereocenters. The summed E-state index contributed by atoms with van der Waals surface area (Å²) in [5.74, 6) is 0. The second-order valence-corrected chi connectivity index (χ2v) is 3.68. The van der Waals surface area contributed by atoms with Gasteiger partial charge < -0.3 is 4.74 Å². The van der Waals surface area contributed by atoms with Crippen LogP contribution in [0.2, 0.25) is 0 Å². The van der Waals surface area contributed by atoms with Gasteiger partial charge in [0.05, 0.1) is 6.10 Å². The van der Waals surface area contributed by atoms with E-state index in [4.69, 9.17) is 4.74 Å². The normalized spacial score (nSPS) is 12.8. The Morgan fingerprint density at radius 3 is 2.29 bits per heavy atom. The average Bonchev–Trinajstić information content (AvgIpc) is 2.21. The molecule has 1 rings (SSSR count). The van der Waals surface area contributed by atoms with Crippen LogP contribution >= 0.6 is 0 Å². The van der Waals surface area contributed by atoms with Crippen molar-refractivity contribution in [1.82, 2.24) is 0 Å². The summed E-state index contributed by atoms with van der Waals surface area (Å²) in [7, 11) is 0. The summed E-state index contributed by atoms with van der Waals surface area (Å²) >= 11 is 0. The zero-order chi connectivity index (χ0) is 10.4. The van der Waals surface area contributed by atoms with E-state index in [0.717, 1.165) is 19.4 Å². The summed E-state index contributed by atoms with van der Waals surface area (Å²) in [5, 5.41) is 0. The summed E-state index contributed by atoms with van der Waals surface area (Å²) in [5.41, 5.74) is 2.60. The van der Waals surface area contributed by atoms with Crippen LogP contribution in [0.25, 0.3) is 0 Å². The summed E-state index contributed by atoms with van der Waals surface area (Å²) in [4.78, 5) is 0. The van der Waals surface area contributed by atoms with Crippen molar-refractivity contribution >= 4 is 0 Å². The minimum atomic E-state index is 0.274. The van der Waals surface area contributed by atoms with Crippen LogP contribution in [0.1, 0.15) is 43.9 Å². The van der Waals surface area contributed by atoms with Gasteiger partial charge >= 0.3 is 0 Å². The van der Waals surface area contributed by atoms with Crippen LogP contribution in [0.5, 0.6) is 0 Å². The van der Waals surface area contributed by atoms with Crippen LogP contribution in [0.4, 0.5) is 0 Å². The van der Waals surface area contributed by atoms with E-state index < -0.39 is 0 Å². The molecule has 1 unspecified atom stereocenters. The lowest BCUT2D eigenvalue weighted by Gasteiger charge is -2.16. The molecule has 1 aromatic rings. The highest BCUT2D eigenvalue weighted by atomic mass is 16.5. The van der Waals surface area contributed by atoms with Crippen LogP contribution in [0.15, 0.2) is 24.3 Å². The van der Waals surface area contributed by atoms with Gasteiger partial charge in [-0.15, -0.1) is 0 Å². The van der Waals surface area contributed by atoms with E-state index in [9.17, 15) is 0 Å². The van der Waals surface area contributed by atoms with Crippen molar-refractivity contribution in [1.29, 1.82) is 0 Å². The van der Waals surface area contributed by atoms with E-state index in [1.807, 2.05) is 0 Å². The smallest absolute Gasteiger partial charge is 0.0822 e. The van der Waals surface area contributed by atoms with Gasteiger partial charge in [0, 0.05) is 6.61 Å². The molecule has 14 heavy (non-hydrogen) atoms. The SMILES string of the molecule is CCCOC(CC)c1ccc(C)cc1. The first kappa shape index (κ1) is 11.3. The molecule has 0 radical (unpaired) electrons. The zero-order valence-electron chi connectivity index (χ0n) is 9.42. The fraction of sp³-hybridized carbons (Fsp3) is 0.538. The predicted octanol–water partition coefficient (Wildman–Crippen LogP) is 3.87. The first-order valence-corrected chi connectivity index (χ1v) is 5.46. The van der Waals surface area contributed by atoms with Crippen molar-refractivity contribution in [2.45, 2.75) is 39.7 Å². The van der Waals surface area contributed by atoms with Gasteiger partial charge in [-0.25, -0.2) is 0 Å². The quantitative estimate of drug-likeness (QED) is 0.688. The Morgan fingerprint density at radius 2 is 1.79 bits per heavy atom. The second kappa shape index (κ2) is 5.82. The van der Waals surface area contributed by atoms with Gasteiger partial charge in [0.15, 0.2) is 0 Å². The topological polar surface area (TPSA) is 9.23 Å². The predicted molar refractivity (Wildman–Crippen MR) is 60.5 cm³/mol. The maximum absolute atomic E-state index is 5.77. The molecule has 0 saturated heterocycles. The number of hydrogen-bond acceptors (Lipinski definition) is 1. The molecule has 0 fully saturated rings. The third-order valence-corrected chi connectivity index (χ3v) is 2.34. The van der Waals surface area contributed by atoms with Crippen LogP contribution in [-0.4, -0.2) is 6.61 Å². The fourth-order valence-electron chi connectivity index (χ4n) is 1.49. The lowest BCUT2D eigenvalue weighted by Crippen LogP contribution is -2.03. The van der Waals surface area contributed by atoms with Crippen LogP contribution in [0.3, 0.4) is 0 Å². The van der Waals surface area contributed by atoms with E-state index in [-0.39, 0.29) is 6.10 Å². The number of aryl methyl sites for hydroxylation is 1. The number of benzene rings is 1. The van der Waals surface area contributed by atoms with E-state index in [1.54, 1.807) is 0 Å². The summed E-state index contributed by atoms with van der Waals surface area (Å²) < 4.78 is 5.77. The van der Waals surface area contributed by atoms with E-state index in [1.165, 1.54) is 11.1 Å². The number of rotatable bonds is 5. The second-order valence-electron chi connectivity index (χ2n) is 3.68. The molecule has 0 N–H and O–H groups in total. The van der Waals surface area contributed by atoms with Crippen molar-refractivity contribution in [3.05, 3.63) is 35.4 Å². The Bertz CT molecular complexity index is 250. The van der Waals surface area contributed by atoms with E-state index in [2.05, 4.69) is 45.0 Å². The first-order chi connectivity index (χ1) is 6.77. The molecule has 0 aromatic heterocycles. The Kier molecular flexibility index (Phi) is 4.68. The van der Waals surface area contributed by atoms with Crippen LogP contribution in [-0.2, 0) is 4.74 Å². The molecule has 0 aliphatic rings. The molecule has 0 saturated carbocycles. The van der Waals surface area contributed by atoms with Crippen molar-refractivity contribution in [3.63, 3.8) is 0 Å². The lowest BCUT2D eigenvalue weighted by molar-refractivity contribution is 0.0504. The van der Waals surface area contributed by atoms with Crippen LogP contribution in [0, 0.1) is 6.92 Å². The molecule has 0 heterocycles. The Balaban J connectivity index is 2.64. The monoisotopic (exact) mass is 192 g/mol. The molecule has 0 spiro atoms. The van der Waals surface area contributed by atoms with Crippen molar-refractivity contribution in [3.8, 4) is 0 Å². The van der Waals surface area contributed by atoms with Gasteiger partial charge in [0.1, 0.15) is 0 Å². The van der Waals surface area contributed by atoms with Gasteiger partial charge in [0.2, 0.25) is 0 Å². The van der Waals surface area contributed by atoms with E-state index >= 15 is 0 Å². The molecular formula is C13H20O. The highest BCUT2D eigenvalue weighted by Gasteiger charge is 2.07. The molecule has 0 bridgehead atoms. The van der Waals surface area contributed by atoms with Gasteiger partial charge in [-0.2, -0.15) is 0 Å². The first-order valence-electron chi connectivity index (χ1n) is 5.46. The minimum absolute atomic E-state index is 0.274. The number of ether oxygens (including phenoxy) is 1. The standard InChI is InChI=1S/C13H20O/c1-4-10-14-13(5-2)12-8-6-11(3)7-9-12/h6-9,13H,4-5,10H2,1-3H3. The molecule has 0 aliphatic carbocycles. The Labute approximate surface area is 87.1 Å². The highest BCUT2D eigenvalue weighted by Crippen LogP contribution is 2.21. The highest BCUT2D eigenvalue weighted by molar-refractivity contribution is 5.23. The Hall–Kier alpha value is -0.820. The van der Waals surface area contributed by atoms with Gasteiger partial charge in [0.25, 0.3) is 0 Å². The summed E-state index contributed by atoms with van der Waals surface area (Å²) in [6.45, 7) is 7.27. The lowest BCUT2D eigenvalue weighted by atomic mass is 10.1. The van der Waals surface area contributed by atoms with Crippen molar-refractivity contribution < 1.29 is 4.74 Å². The largest absolute Gasteiger partial charge is 0.374 e. The van der Waals surface area contributed by atoms with Crippen molar-refractivity contribution in [2.75, 3.05) is 6.61 Å². The average molecular weight is 192 g/mol. The maximum Gasteiger partial charge on any atom is 0.0822 e. The molecule has 0 aliphatic heterocycles. The van der Waals surface area contributed by atoms with Gasteiger partial charge in [-0.3, -0.25) is 0 Å². The third kappa shape index (κ3) is 3.15. The molecule has 1 aromatic carbocycles. The third-order valence-electron chi connectivity index (χ3n) is 2.34. The Morgan fingerprint density at radius 1 is 1.14 bits per heavy atom. The van der Waals surface area contributed by atoms with Crippen LogP contribution < -0.4 is 0 Å².